The number of rotatable bonds is 13. The summed E-state index contributed by atoms with van der Waals surface area (Å²) in [7, 11) is 5.08. The maximum absolute atomic E-state index is 4.41. The van der Waals surface area contributed by atoms with Gasteiger partial charge in [-0.15, -0.1) is 0 Å². The summed E-state index contributed by atoms with van der Waals surface area (Å²) in [6.07, 6.45) is 19.8. The van der Waals surface area contributed by atoms with Crippen LogP contribution < -0.4 is 0 Å². The SMILES string of the molecule is C[N+]1(C(Br)(CCCCCCCCCCCBr)[N+]2(C)CCCC2)CCCC1. The van der Waals surface area contributed by atoms with Crippen LogP contribution in [0.3, 0.4) is 0 Å². The van der Waals surface area contributed by atoms with Crippen LogP contribution in [0.2, 0.25) is 0 Å². The van der Waals surface area contributed by atoms with Gasteiger partial charge in [-0.05, 0) is 12.8 Å². The molecular formula is C22H44Br2N2+2. The minimum Gasteiger partial charge on any atom is -0.265 e. The largest absolute Gasteiger partial charge is 0.280 e. The molecule has 0 atom stereocenters. The average Bonchev–Trinajstić information content (AvgIpc) is 3.27. The van der Waals surface area contributed by atoms with Crippen molar-refractivity contribution in [1.82, 2.24) is 0 Å². The Morgan fingerprint density at radius 1 is 0.615 bits per heavy atom. The zero-order chi connectivity index (χ0) is 18.9. The molecule has 0 aromatic carbocycles. The summed E-state index contributed by atoms with van der Waals surface area (Å²) < 4.78 is 2.78. The summed E-state index contributed by atoms with van der Waals surface area (Å²) in [6.45, 7) is 5.47. The van der Waals surface area contributed by atoms with Gasteiger partial charge in [-0.1, -0.05) is 60.9 Å². The average molecular weight is 496 g/mol. The maximum Gasteiger partial charge on any atom is 0.280 e. The van der Waals surface area contributed by atoms with Crippen LogP contribution in [-0.4, -0.2) is 59.1 Å². The lowest BCUT2D eigenvalue weighted by atomic mass is 10.0. The third-order valence-electron chi connectivity index (χ3n) is 7.39. The van der Waals surface area contributed by atoms with E-state index < -0.39 is 0 Å². The highest BCUT2D eigenvalue weighted by Crippen LogP contribution is 2.47. The van der Waals surface area contributed by atoms with Crippen molar-refractivity contribution < 1.29 is 8.97 Å². The van der Waals surface area contributed by atoms with Crippen LogP contribution in [0.5, 0.6) is 0 Å². The number of alkyl halides is 2. The van der Waals surface area contributed by atoms with Crippen molar-refractivity contribution in [1.29, 1.82) is 0 Å². The molecule has 26 heavy (non-hydrogen) atoms. The first kappa shape index (κ1) is 23.2. The molecule has 0 unspecified atom stereocenters. The van der Waals surface area contributed by atoms with Gasteiger partial charge in [-0.2, -0.15) is 0 Å². The lowest BCUT2D eigenvalue weighted by Crippen LogP contribution is -2.72. The molecule has 0 saturated carbocycles. The van der Waals surface area contributed by atoms with Crippen molar-refractivity contribution in [2.45, 2.75) is 94.5 Å². The second-order valence-electron chi connectivity index (χ2n) is 9.44. The second-order valence-corrected chi connectivity index (χ2v) is 11.5. The summed E-state index contributed by atoms with van der Waals surface area (Å²) in [5, 5.41) is 1.18. The minimum atomic E-state index is 0.260. The highest BCUT2D eigenvalue weighted by atomic mass is 79.9. The molecule has 2 heterocycles. The van der Waals surface area contributed by atoms with Gasteiger partial charge in [0.05, 0.1) is 62.6 Å². The molecule has 0 spiro atoms. The number of unbranched alkanes of at least 4 members (excludes halogenated alkanes) is 8. The number of likely N-dealkylation sites (tertiary alicyclic amines) is 2. The summed E-state index contributed by atoms with van der Waals surface area (Å²) in [5.41, 5.74) is 0. The lowest BCUT2D eigenvalue weighted by Gasteiger charge is -2.53. The van der Waals surface area contributed by atoms with E-state index in [0.29, 0.717) is 0 Å². The normalized spacial score (nSPS) is 22.2. The van der Waals surface area contributed by atoms with Crippen molar-refractivity contribution in [3.63, 3.8) is 0 Å². The minimum absolute atomic E-state index is 0.260. The standard InChI is InChI=1S/C22H44Br2N2/c1-25(18-12-13-19-25)22(24,26(2)20-14-15-21-26)16-10-8-6-4-3-5-7-9-11-17-23/h3-21H2,1-2H3/q+2. The van der Waals surface area contributed by atoms with Crippen LogP contribution in [0, 0.1) is 0 Å². The van der Waals surface area contributed by atoms with E-state index in [9.17, 15) is 0 Å². The monoisotopic (exact) mass is 494 g/mol. The molecule has 4 heteroatoms. The quantitative estimate of drug-likeness (QED) is 0.114. The molecule has 0 radical (unpaired) electrons. The van der Waals surface area contributed by atoms with E-state index >= 15 is 0 Å². The van der Waals surface area contributed by atoms with Crippen molar-refractivity contribution in [2.75, 3.05) is 45.6 Å². The highest BCUT2D eigenvalue weighted by Gasteiger charge is 2.60. The topological polar surface area (TPSA) is 0 Å². The Labute approximate surface area is 180 Å². The third kappa shape index (κ3) is 5.70. The smallest absolute Gasteiger partial charge is 0.265 e. The molecule has 0 aliphatic carbocycles. The van der Waals surface area contributed by atoms with E-state index in [1.165, 1.54) is 130 Å². The molecule has 0 amide bonds. The molecular weight excluding hydrogens is 452 g/mol. The summed E-state index contributed by atoms with van der Waals surface area (Å²) in [5.74, 6) is 0. The van der Waals surface area contributed by atoms with Crippen LogP contribution in [0.1, 0.15) is 89.9 Å². The Hall–Kier alpha value is 0.880. The summed E-state index contributed by atoms with van der Waals surface area (Å²) in [6, 6.07) is 0. The van der Waals surface area contributed by atoms with E-state index in [-0.39, 0.29) is 4.57 Å². The molecule has 0 aromatic heterocycles. The zero-order valence-corrected chi connectivity index (χ0v) is 20.8. The fraction of sp³-hybridized carbons (Fsp3) is 1.00. The fourth-order valence-corrected chi connectivity index (χ4v) is 6.94. The van der Waals surface area contributed by atoms with E-state index in [1.54, 1.807) is 0 Å². The summed E-state index contributed by atoms with van der Waals surface area (Å²) in [4.78, 5) is 0. The third-order valence-corrected chi connectivity index (χ3v) is 10.1. The highest BCUT2D eigenvalue weighted by molar-refractivity contribution is 9.10. The summed E-state index contributed by atoms with van der Waals surface area (Å²) >= 11 is 7.94. The number of hydrogen-bond donors (Lipinski definition) is 0. The number of nitrogens with zero attached hydrogens (tertiary/aromatic N) is 2. The Balaban J connectivity index is 1.74. The van der Waals surface area contributed by atoms with Gasteiger partial charge in [0.2, 0.25) is 0 Å². The van der Waals surface area contributed by atoms with Crippen molar-refractivity contribution >= 4 is 31.9 Å². The molecule has 2 rings (SSSR count). The van der Waals surface area contributed by atoms with Crippen molar-refractivity contribution in [3.8, 4) is 0 Å². The predicted molar refractivity (Wildman–Crippen MR) is 122 cm³/mol. The molecule has 2 fully saturated rings. The van der Waals surface area contributed by atoms with Crippen LogP contribution in [0.15, 0.2) is 0 Å². The van der Waals surface area contributed by atoms with E-state index in [4.69, 9.17) is 0 Å². The number of hydrogen-bond acceptors (Lipinski definition) is 0. The molecule has 2 aliphatic rings. The molecule has 0 bridgehead atoms. The van der Waals surface area contributed by atoms with Gasteiger partial charge >= 0.3 is 0 Å². The first-order valence-electron chi connectivity index (χ1n) is 11.4. The van der Waals surface area contributed by atoms with Gasteiger partial charge in [-0.25, -0.2) is 0 Å². The molecule has 2 saturated heterocycles. The predicted octanol–water partition coefficient (Wildman–Crippen LogP) is 6.81. The number of quaternary nitrogens is 2. The van der Waals surface area contributed by atoms with Crippen molar-refractivity contribution in [3.05, 3.63) is 0 Å². The molecule has 2 aliphatic heterocycles. The molecule has 0 N–H and O–H groups in total. The van der Waals surface area contributed by atoms with Gasteiger partial charge in [-0.3, -0.25) is 8.97 Å². The van der Waals surface area contributed by atoms with Gasteiger partial charge in [0, 0.05) is 31.0 Å². The molecule has 0 aromatic rings. The fourth-order valence-electron chi connectivity index (χ4n) is 5.56. The Morgan fingerprint density at radius 3 is 1.35 bits per heavy atom. The van der Waals surface area contributed by atoms with Crippen LogP contribution in [0.25, 0.3) is 0 Å². The lowest BCUT2D eigenvalue weighted by molar-refractivity contribution is -1.12. The Bertz CT molecular complexity index is 366. The van der Waals surface area contributed by atoms with Crippen LogP contribution in [0.4, 0.5) is 0 Å². The molecule has 154 valence electrons. The zero-order valence-electron chi connectivity index (χ0n) is 17.6. The first-order valence-corrected chi connectivity index (χ1v) is 13.3. The van der Waals surface area contributed by atoms with Crippen molar-refractivity contribution in [2.24, 2.45) is 0 Å². The van der Waals surface area contributed by atoms with Gasteiger partial charge in [0.25, 0.3) is 4.57 Å². The van der Waals surface area contributed by atoms with Crippen LogP contribution >= 0.6 is 31.9 Å². The second kappa shape index (κ2) is 11.2. The first-order chi connectivity index (χ1) is 12.5. The number of halogens is 2. The van der Waals surface area contributed by atoms with Gasteiger partial charge in [0.15, 0.2) is 0 Å². The van der Waals surface area contributed by atoms with E-state index in [0.717, 1.165) is 0 Å². The Kier molecular flexibility index (Phi) is 9.95. The van der Waals surface area contributed by atoms with Crippen LogP contribution in [-0.2, 0) is 0 Å². The van der Waals surface area contributed by atoms with E-state index in [1.807, 2.05) is 0 Å². The van der Waals surface area contributed by atoms with E-state index in [2.05, 4.69) is 46.0 Å². The van der Waals surface area contributed by atoms with Gasteiger partial charge < -0.3 is 0 Å². The van der Waals surface area contributed by atoms with Gasteiger partial charge in [0.1, 0.15) is 0 Å². The molecule has 2 nitrogen and oxygen atoms in total. The Morgan fingerprint density at radius 2 is 0.962 bits per heavy atom. The maximum atomic E-state index is 4.41.